The summed E-state index contributed by atoms with van der Waals surface area (Å²) in [6, 6.07) is 68.2. The fourth-order valence-corrected chi connectivity index (χ4v) is 7.45. The molecule has 0 aliphatic carbocycles. The van der Waals surface area contributed by atoms with Gasteiger partial charge in [0.05, 0.1) is 16.7 Å². The Morgan fingerprint density at radius 2 is 0.811 bits per heavy atom. The van der Waals surface area contributed by atoms with E-state index < -0.39 is 0 Å². The van der Waals surface area contributed by atoms with Crippen molar-refractivity contribution in [3.05, 3.63) is 194 Å². The van der Waals surface area contributed by atoms with Gasteiger partial charge in [-0.25, -0.2) is 15.0 Å². The summed E-state index contributed by atoms with van der Waals surface area (Å²) < 4.78 is 2.37. The molecule has 0 saturated carbocycles. The van der Waals surface area contributed by atoms with Crippen LogP contribution in [0.3, 0.4) is 0 Å². The largest absolute Gasteiger partial charge is 0.308 e. The summed E-state index contributed by atoms with van der Waals surface area (Å²) in [5.41, 5.74) is 10.6. The van der Waals surface area contributed by atoms with Gasteiger partial charge >= 0.3 is 0 Å². The lowest BCUT2D eigenvalue weighted by molar-refractivity contribution is 1.06. The van der Waals surface area contributed by atoms with Crippen LogP contribution in [0.15, 0.2) is 194 Å². The van der Waals surface area contributed by atoms with Gasteiger partial charge in [0.1, 0.15) is 0 Å². The van der Waals surface area contributed by atoms with E-state index >= 15 is 0 Å². The summed E-state index contributed by atoms with van der Waals surface area (Å²) in [6.45, 7) is 0. The number of rotatable bonds is 6. The highest BCUT2D eigenvalue weighted by atomic mass is 15.1. The Hall–Kier alpha value is -7.17. The number of nitrogens with zero attached hydrogens (tertiary/aromatic N) is 4. The summed E-state index contributed by atoms with van der Waals surface area (Å²) in [5.74, 6) is 1.88. The molecular weight excluding hydrogens is 645 g/mol. The van der Waals surface area contributed by atoms with Crippen LogP contribution >= 0.6 is 0 Å². The van der Waals surface area contributed by atoms with Crippen LogP contribution < -0.4 is 0 Å². The summed E-state index contributed by atoms with van der Waals surface area (Å²) in [4.78, 5) is 15.5. The second kappa shape index (κ2) is 12.9. The molecule has 4 heteroatoms. The third-order valence-corrected chi connectivity index (χ3v) is 10.0. The minimum absolute atomic E-state index is 0.614. The lowest BCUT2D eigenvalue weighted by atomic mass is 9.97. The molecule has 0 amide bonds. The standard InChI is InChI=1S/C49H32N4/c1-3-14-33(15-4-1)37-20-13-21-38(30-37)39-28-29-43(46(32-39)53-44-24-11-9-22-41(44)42-23-10-12-25-45(42)53)49-51-47(35-17-5-2-6-18-35)50-48(52-49)40-27-26-34-16-7-8-19-36(34)31-40/h1-32H. The Bertz CT molecular complexity index is 2890. The van der Waals surface area contributed by atoms with E-state index in [0.29, 0.717) is 17.5 Å². The second-order valence-electron chi connectivity index (χ2n) is 13.3. The first kappa shape index (κ1) is 30.6. The molecule has 8 aromatic carbocycles. The van der Waals surface area contributed by atoms with Crippen molar-refractivity contribution < 1.29 is 0 Å². The highest BCUT2D eigenvalue weighted by Gasteiger charge is 2.20. The van der Waals surface area contributed by atoms with Crippen molar-refractivity contribution in [1.29, 1.82) is 0 Å². The molecule has 0 N–H and O–H groups in total. The molecule has 10 aromatic rings. The molecule has 0 aliphatic rings. The van der Waals surface area contributed by atoms with Crippen LogP contribution in [0.25, 0.3) is 94.7 Å². The van der Waals surface area contributed by atoms with Crippen LogP contribution in [0.2, 0.25) is 0 Å². The number of para-hydroxylation sites is 2. The first-order valence-corrected chi connectivity index (χ1v) is 17.9. The molecule has 2 heterocycles. The predicted octanol–water partition coefficient (Wildman–Crippen LogP) is 12.5. The van der Waals surface area contributed by atoms with E-state index in [9.17, 15) is 0 Å². The highest BCUT2D eigenvalue weighted by molar-refractivity contribution is 6.09. The molecule has 0 atom stereocenters. The molecule has 4 nitrogen and oxygen atoms in total. The molecule has 248 valence electrons. The highest BCUT2D eigenvalue weighted by Crippen LogP contribution is 2.39. The molecule has 53 heavy (non-hydrogen) atoms. The van der Waals surface area contributed by atoms with Gasteiger partial charge in [-0.15, -0.1) is 0 Å². The van der Waals surface area contributed by atoms with E-state index in [4.69, 9.17) is 15.0 Å². The third kappa shape index (κ3) is 5.54. The third-order valence-electron chi connectivity index (χ3n) is 10.0. The van der Waals surface area contributed by atoms with Crippen molar-refractivity contribution in [2.75, 3.05) is 0 Å². The predicted molar refractivity (Wildman–Crippen MR) is 219 cm³/mol. The van der Waals surface area contributed by atoms with Gasteiger partial charge in [-0.3, -0.25) is 0 Å². The molecule has 0 radical (unpaired) electrons. The van der Waals surface area contributed by atoms with Crippen LogP contribution in [-0.2, 0) is 0 Å². The van der Waals surface area contributed by atoms with Gasteiger partial charge in [-0.1, -0.05) is 158 Å². The first-order chi connectivity index (χ1) is 26.3. The minimum atomic E-state index is 0.614. The van der Waals surface area contributed by atoms with Crippen LogP contribution in [-0.4, -0.2) is 19.5 Å². The van der Waals surface area contributed by atoms with Crippen molar-refractivity contribution in [2.24, 2.45) is 0 Å². The van der Waals surface area contributed by atoms with E-state index in [1.807, 2.05) is 18.2 Å². The normalized spacial score (nSPS) is 11.4. The zero-order valence-electron chi connectivity index (χ0n) is 28.8. The van der Waals surface area contributed by atoms with E-state index in [1.54, 1.807) is 0 Å². The summed E-state index contributed by atoms with van der Waals surface area (Å²) in [7, 11) is 0. The maximum Gasteiger partial charge on any atom is 0.166 e. The van der Waals surface area contributed by atoms with Crippen LogP contribution in [0, 0.1) is 0 Å². The molecular formula is C49H32N4. The Labute approximate surface area is 307 Å². The topological polar surface area (TPSA) is 43.6 Å². The average Bonchev–Trinajstić information content (AvgIpc) is 3.58. The average molecular weight is 677 g/mol. The lowest BCUT2D eigenvalue weighted by Crippen LogP contribution is -2.04. The van der Waals surface area contributed by atoms with Crippen LogP contribution in [0.1, 0.15) is 0 Å². The number of benzene rings is 8. The van der Waals surface area contributed by atoms with Gasteiger partial charge in [-0.05, 0) is 69.4 Å². The van der Waals surface area contributed by atoms with Crippen molar-refractivity contribution in [3.63, 3.8) is 0 Å². The van der Waals surface area contributed by atoms with E-state index in [0.717, 1.165) is 49.9 Å². The SMILES string of the molecule is c1ccc(-c2cccc(-c3ccc(-c4nc(-c5ccccc5)nc(-c5ccc6ccccc6c5)n4)c(-n4c5ccccc5c5ccccc54)c3)c2)cc1. The molecule has 0 aliphatic heterocycles. The number of aromatic nitrogens is 4. The fraction of sp³-hybridized carbons (Fsp3) is 0. The van der Waals surface area contributed by atoms with Crippen LogP contribution in [0.5, 0.6) is 0 Å². The quantitative estimate of drug-likeness (QED) is 0.176. The lowest BCUT2D eigenvalue weighted by Gasteiger charge is -2.17. The monoisotopic (exact) mass is 676 g/mol. The first-order valence-electron chi connectivity index (χ1n) is 17.9. The van der Waals surface area contributed by atoms with Gasteiger partial charge in [0.25, 0.3) is 0 Å². The number of hydrogen-bond donors (Lipinski definition) is 0. The molecule has 2 aromatic heterocycles. The Morgan fingerprint density at radius 3 is 1.53 bits per heavy atom. The molecule has 0 bridgehead atoms. The zero-order valence-corrected chi connectivity index (χ0v) is 28.8. The smallest absolute Gasteiger partial charge is 0.166 e. The minimum Gasteiger partial charge on any atom is -0.308 e. The van der Waals surface area contributed by atoms with Gasteiger partial charge in [0.15, 0.2) is 17.5 Å². The van der Waals surface area contributed by atoms with E-state index in [-0.39, 0.29) is 0 Å². The van der Waals surface area contributed by atoms with E-state index in [1.165, 1.54) is 27.3 Å². The van der Waals surface area contributed by atoms with Gasteiger partial charge < -0.3 is 4.57 Å². The maximum atomic E-state index is 5.26. The maximum absolute atomic E-state index is 5.26. The Kier molecular flexibility index (Phi) is 7.43. The molecule has 10 rings (SSSR count). The van der Waals surface area contributed by atoms with Gasteiger partial charge in [-0.2, -0.15) is 0 Å². The number of hydrogen-bond acceptors (Lipinski definition) is 3. The van der Waals surface area contributed by atoms with Crippen molar-refractivity contribution in [2.45, 2.75) is 0 Å². The zero-order chi connectivity index (χ0) is 35.1. The van der Waals surface area contributed by atoms with Crippen LogP contribution in [0.4, 0.5) is 0 Å². The van der Waals surface area contributed by atoms with Gasteiger partial charge in [0, 0.05) is 27.5 Å². The van der Waals surface area contributed by atoms with Gasteiger partial charge in [0.2, 0.25) is 0 Å². The Morgan fingerprint density at radius 1 is 0.302 bits per heavy atom. The van der Waals surface area contributed by atoms with Crippen molar-refractivity contribution in [1.82, 2.24) is 19.5 Å². The van der Waals surface area contributed by atoms with Crippen molar-refractivity contribution in [3.8, 4) is 62.1 Å². The molecule has 0 fully saturated rings. The molecule has 0 saturated heterocycles. The Balaban J connectivity index is 1.24. The fourth-order valence-electron chi connectivity index (χ4n) is 7.45. The summed E-state index contributed by atoms with van der Waals surface area (Å²) in [6.07, 6.45) is 0. The summed E-state index contributed by atoms with van der Waals surface area (Å²) in [5, 5.41) is 4.71. The second-order valence-corrected chi connectivity index (χ2v) is 13.3. The molecule has 0 spiro atoms. The number of fused-ring (bicyclic) bond motifs is 4. The van der Waals surface area contributed by atoms with Crippen molar-refractivity contribution >= 4 is 32.6 Å². The van der Waals surface area contributed by atoms with E-state index in [2.05, 4.69) is 180 Å². The summed E-state index contributed by atoms with van der Waals surface area (Å²) >= 11 is 0. The molecule has 0 unspecified atom stereocenters.